The Morgan fingerprint density at radius 2 is 1.94 bits per heavy atom. The molecule has 0 bridgehead atoms. The van der Waals surface area contributed by atoms with Crippen molar-refractivity contribution >= 4 is 62.3 Å². The number of carbonyl (C=O) groups is 2. The fourth-order valence-electron chi connectivity index (χ4n) is 3.17. The number of carbonyl (C=O) groups excluding carboxylic acids is 2. The van der Waals surface area contributed by atoms with Crippen LogP contribution in [0.25, 0.3) is 22.3 Å². The molecule has 2 heterocycles. The highest BCUT2D eigenvalue weighted by molar-refractivity contribution is 7.17. The lowest BCUT2D eigenvalue weighted by atomic mass is 10.1. The third-order valence-corrected chi connectivity index (χ3v) is 6.38. The van der Waals surface area contributed by atoms with Crippen LogP contribution in [0.2, 0.25) is 10.0 Å². The normalized spacial score (nSPS) is 10.9. The summed E-state index contributed by atoms with van der Waals surface area (Å²) in [5, 5.41) is 3.74. The van der Waals surface area contributed by atoms with Gasteiger partial charge in [-0.2, -0.15) is 0 Å². The lowest BCUT2D eigenvalue weighted by Crippen LogP contribution is -2.22. The highest BCUT2D eigenvalue weighted by atomic mass is 35.5. The van der Waals surface area contributed by atoms with E-state index in [9.17, 15) is 14.4 Å². The number of ether oxygens (including phenoxy) is 1. The van der Waals surface area contributed by atoms with Crippen LogP contribution in [-0.4, -0.2) is 23.3 Å². The van der Waals surface area contributed by atoms with Crippen molar-refractivity contribution in [2.24, 2.45) is 0 Å². The number of amides is 1. The molecule has 0 spiro atoms. The van der Waals surface area contributed by atoms with Gasteiger partial charge in [-0.05, 0) is 37.3 Å². The van der Waals surface area contributed by atoms with Gasteiger partial charge in [0.25, 0.3) is 5.91 Å². The molecule has 0 saturated carbocycles. The number of aromatic nitrogens is 1. The number of benzene rings is 2. The van der Waals surface area contributed by atoms with Crippen molar-refractivity contribution in [1.29, 1.82) is 0 Å². The molecule has 0 radical (unpaired) electrons. The van der Waals surface area contributed by atoms with Crippen LogP contribution in [0.4, 0.5) is 5.13 Å². The minimum Gasteiger partial charge on any atom is -0.476 e. The van der Waals surface area contributed by atoms with Gasteiger partial charge in [0.05, 0.1) is 21.0 Å². The highest BCUT2D eigenvalue weighted by Crippen LogP contribution is 2.35. The number of fused-ring (bicyclic) bond motifs is 1. The van der Waals surface area contributed by atoms with Gasteiger partial charge in [-0.1, -0.05) is 46.7 Å². The van der Waals surface area contributed by atoms with Crippen LogP contribution >= 0.6 is 34.5 Å². The maximum atomic E-state index is 13.2. The topological polar surface area (TPSA) is 98.5 Å². The zero-order valence-corrected chi connectivity index (χ0v) is 19.7. The molecule has 33 heavy (non-hydrogen) atoms. The maximum Gasteiger partial charge on any atom is 0.264 e. The largest absolute Gasteiger partial charge is 0.476 e. The summed E-state index contributed by atoms with van der Waals surface area (Å²) in [6.07, 6.45) is 0. The van der Waals surface area contributed by atoms with E-state index in [-0.39, 0.29) is 27.8 Å². The average Bonchev–Trinajstić information content (AvgIpc) is 3.14. The first-order valence-electron chi connectivity index (χ1n) is 9.67. The Hall–Kier alpha value is -3.20. The zero-order chi connectivity index (χ0) is 23.7. The minimum atomic E-state index is -0.561. The second kappa shape index (κ2) is 9.35. The molecule has 1 amide bonds. The number of halogens is 2. The van der Waals surface area contributed by atoms with Gasteiger partial charge in [-0.15, -0.1) is 0 Å². The van der Waals surface area contributed by atoms with Crippen molar-refractivity contribution in [3.05, 3.63) is 73.3 Å². The van der Waals surface area contributed by atoms with E-state index < -0.39 is 17.9 Å². The second-order valence-electron chi connectivity index (χ2n) is 7.04. The summed E-state index contributed by atoms with van der Waals surface area (Å²) in [5.41, 5.74) is 0.763. The van der Waals surface area contributed by atoms with E-state index >= 15 is 0 Å². The first kappa shape index (κ1) is 23.0. The van der Waals surface area contributed by atoms with E-state index in [1.165, 1.54) is 13.0 Å². The molecule has 1 N–H and O–H groups in total. The van der Waals surface area contributed by atoms with Crippen molar-refractivity contribution in [3.63, 3.8) is 0 Å². The smallest absolute Gasteiger partial charge is 0.264 e. The van der Waals surface area contributed by atoms with Crippen LogP contribution in [0, 0.1) is 6.92 Å². The molecule has 2 aromatic heterocycles. The summed E-state index contributed by atoms with van der Waals surface area (Å²) in [6, 6.07) is 11.4. The number of rotatable bonds is 6. The Labute approximate surface area is 201 Å². The number of hydrogen-bond donors (Lipinski definition) is 1. The lowest BCUT2D eigenvalue weighted by molar-refractivity contribution is -0.118. The molecule has 0 saturated heterocycles. The van der Waals surface area contributed by atoms with Gasteiger partial charge in [0.2, 0.25) is 11.2 Å². The van der Waals surface area contributed by atoms with E-state index in [0.29, 0.717) is 31.8 Å². The zero-order valence-electron chi connectivity index (χ0n) is 17.4. The summed E-state index contributed by atoms with van der Waals surface area (Å²) in [6.45, 7) is 2.61. The number of nitrogens with one attached hydrogen (secondary N) is 1. The van der Waals surface area contributed by atoms with Gasteiger partial charge in [-0.25, -0.2) is 4.98 Å². The average molecular weight is 503 g/mol. The van der Waals surface area contributed by atoms with Crippen molar-refractivity contribution in [2.75, 3.05) is 11.9 Å². The quantitative estimate of drug-likeness (QED) is 0.337. The molecule has 7 nitrogen and oxygen atoms in total. The first-order chi connectivity index (χ1) is 15.7. The number of Topliss-reactive ketones (excluding diaryl/α,β-unsaturated/α-hetero) is 1. The lowest BCUT2D eigenvalue weighted by Gasteiger charge is -2.12. The van der Waals surface area contributed by atoms with Crippen LogP contribution in [0.15, 0.2) is 51.7 Å². The Bertz CT molecular complexity index is 1460. The van der Waals surface area contributed by atoms with Crippen LogP contribution in [0.5, 0.6) is 5.75 Å². The first-order valence-corrected chi connectivity index (χ1v) is 11.2. The molecule has 0 aliphatic rings. The van der Waals surface area contributed by atoms with Crippen LogP contribution in [0.3, 0.4) is 0 Å². The molecule has 0 unspecified atom stereocenters. The Morgan fingerprint density at radius 1 is 1.18 bits per heavy atom. The Kier molecular flexibility index (Phi) is 6.51. The van der Waals surface area contributed by atoms with E-state index in [1.807, 2.05) is 0 Å². The molecule has 4 rings (SSSR count). The molecule has 10 heteroatoms. The predicted octanol–water partition coefficient (Wildman–Crippen LogP) is 5.75. The molecule has 4 aromatic rings. The maximum absolute atomic E-state index is 13.2. The van der Waals surface area contributed by atoms with Gasteiger partial charge < -0.3 is 9.15 Å². The molecular formula is C23H16Cl2N2O5S. The summed E-state index contributed by atoms with van der Waals surface area (Å²) in [4.78, 5) is 41.9. The summed E-state index contributed by atoms with van der Waals surface area (Å²) >= 11 is 13.4. The van der Waals surface area contributed by atoms with Crippen LogP contribution < -0.4 is 15.5 Å². The molecule has 2 aromatic carbocycles. The fraction of sp³-hybridized carbons (Fsp3) is 0.130. The summed E-state index contributed by atoms with van der Waals surface area (Å²) in [5.74, 6) is -0.780. The third-order valence-electron chi connectivity index (χ3n) is 4.64. The Morgan fingerprint density at radius 3 is 2.64 bits per heavy atom. The van der Waals surface area contributed by atoms with Crippen molar-refractivity contribution in [3.8, 4) is 17.1 Å². The number of ketones is 1. The Balaban J connectivity index is 1.68. The minimum absolute atomic E-state index is 0.0946. The van der Waals surface area contributed by atoms with E-state index in [2.05, 4.69) is 10.3 Å². The van der Waals surface area contributed by atoms with Gasteiger partial charge in [0, 0.05) is 17.5 Å². The monoisotopic (exact) mass is 502 g/mol. The predicted molar refractivity (Wildman–Crippen MR) is 129 cm³/mol. The van der Waals surface area contributed by atoms with E-state index in [0.717, 1.165) is 11.3 Å². The number of aryl methyl sites for hydroxylation is 1. The van der Waals surface area contributed by atoms with Gasteiger partial charge in [0.15, 0.2) is 23.3 Å². The van der Waals surface area contributed by atoms with E-state index in [1.54, 1.807) is 43.3 Å². The van der Waals surface area contributed by atoms with Crippen molar-refractivity contribution in [1.82, 2.24) is 4.98 Å². The summed E-state index contributed by atoms with van der Waals surface area (Å²) in [7, 11) is 0. The molecule has 0 fully saturated rings. The van der Waals surface area contributed by atoms with Gasteiger partial charge in [-0.3, -0.25) is 19.7 Å². The van der Waals surface area contributed by atoms with Crippen molar-refractivity contribution < 1.29 is 18.7 Å². The highest BCUT2D eigenvalue weighted by Gasteiger charge is 2.21. The molecule has 0 aliphatic carbocycles. The number of thiazole rings is 1. The number of hydrogen-bond acceptors (Lipinski definition) is 7. The third kappa shape index (κ3) is 4.78. The van der Waals surface area contributed by atoms with Gasteiger partial charge in [0.1, 0.15) is 5.58 Å². The number of nitrogens with zero attached hydrogens (tertiary/aromatic N) is 1. The van der Waals surface area contributed by atoms with Crippen LogP contribution in [-0.2, 0) is 4.79 Å². The fourth-order valence-corrected chi connectivity index (χ4v) is 4.45. The molecule has 168 valence electrons. The second-order valence-corrected chi connectivity index (χ2v) is 8.88. The molecule has 0 aliphatic heterocycles. The van der Waals surface area contributed by atoms with Crippen molar-refractivity contribution in [2.45, 2.75) is 13.8 Å². The van der Waals surface area contributed by atoms with E-state index in [4.69, 9.17) is 32.4 Å². The molecule has 0 atom stereocenters. The molecular weight excluding hydrogens is 487 g/mol. The van der Waals surface area contributed by atoms with Gasteiger partial charge >= 0.3 is 0 Å². The number of anilines is 1. The van der Waals surface area contributed by atoms with Crippen LogP contribution in [0.1, 0.15) is 22.3 Å². The standard InChI is InChI=1S/C23H16Cl2N2O5S/c1-11-22(12(2)28)33-23(26-11)27-18(29)10-31-21-19(30)15-9-13(24)7-8-17(15)32-20(21)14-5-3-4-6-16(14)25/h3-9H,10H2,1-2H3,(H,26,27,29). The summed E-state index contributed by atoms with van der Waals surface area (Å²) < 4.78 is 11.6. The SMILES string of the molecule is CC(=O)c1sc(NC(=O)COc2c(-c3ccccc3Cl)oc3ccc(Cl)cc3c2=O)nc1C.